The molecular weight excluding hydrogens is 356 g/mol. The number of hydrogen-bond donors (Lipinski definition) is 1. The molecular formula is C22H20N2O4. The van der Waals surface area contributed by atoms with E-state index in [1.807, 2.05) is 19.1 Å². The first kappa shape index (κ1) is 19.1. The molecule has 3 rings (SSSR count). The number of carbonyl (C=O) groups excluding carboxylic acids is 1. The van der Waals surface area contributed by atoms with Crippen molar-refractivity contribution < 1.29 is 19.0 Å². The first-order valence-corrected chi connectivity index (χ1v) is 8.73. The van der Waals surface area contributed by atoms with Crippen molar-refractivity contribution in [2.24, 2.45) is 0 Å². The van der Waals surface area contributed by atoms with Gasteiger partial charge >= 0.3 is 0 Å². The van der Waals surface area contributed by atoms with Crippen LogP contribution < -0.4 is 14.2 Å². The zero-order chi connectivity index (χ0) is 20.1. The van der Waals surface area contributed by atoms with E-state index in [9.17, 15) is 10.1 Å². The van der Waals surface area contributed by atoms with E-state index >= 15 is 0 Å². The van der Waals surface area contributed by atoms with Gasteiger partial charge in [0.15, 0.2) is 11.5 Å². The molecule has 6 nitrogen and oxygen atoms in total. The highest BCUT2D eigenvalue weighted by Gasteiger charge is 2.17. The van der Waals surface area contributed by atoms with E-state index in [0.717, 1.165) is 5.52 Å². The number of nitriles is 1. The molecule has 142 valence electrons. The molecule has 0 aliphatic rings. The summed E-state index contributed by atoms with van der Waals surface area (Å²) >= 11 is 0. The van der Waals surface area contributed by atoms with Gasteiger partial charge in [-0.3, -0.25) is 4.79 Å². The standard InChI is InChI=1S/C22H20N2O4/c1-4-28-21-10-14(5-8-20(21)27-3)9-15(12-23)22(25)18-13-24-19-7-6-16(26-2)11-17(18)19/h5-11,13,24H,4H2,1-3H3/b15-9-. The maximum absolute atomic E-state index is 13.0. The van der Waals surface area contributed by atoms with E-state index in [0.29, 0.717) is 40.4 Å². The topological polar surface area (TPSA) is 84.3 Å². The van der Waals surface area contributed by atoms with E-state index in [2.05, 4.69) is 4.98 Å². The van der Waals surface area contributed by atoms with Crippen molar-refractivity contribution in [1.82, 2.24) is 4.98 Å². The molecule has 3 aromatic rings. The Balaban J connectivity index is 2.01. The Morgan fingerprint density at radius 3 is 2.64 bits per heavy atom. The second-order valence-corrected chi connectivity index (χ2v) is 5.96. The summed E-state index contributed by atoms with van der Waals surface area (Å²) in [6, 6.07) is 12.7. The van der Waals surface area contributed by atoms with Crippen LogP contribution in [0.3, 0.4) is 0 Å². The van der Waals surface area contributed by atoms with Gasteiger partial charge in [0.05, 0.1) is 20.8 Å². The van der Waals surface area contributed by atoms with Gasteiger partial charge in [-0.15, -0.1) is 0 Å². The van der Waals surface area contributed by atoms with Crippen LogP contribution in [-0.2, 0) is 0 Å². The summed E-state index contributed by atoms with van der Waals surface area (Å²) in [5, 5.41) is 10.3. The SMILES string of the molecule is CCOc1cc(/C=C(/C#N)C(=O)c2c[nH]c3ccc(OC)cc23)ccc1OC. The molecule has 2 aromatic carbocycles. The molecule has 0 spiro atoms. The van der Waals surface area contributed by atoms with Gasteiger partial charge < -0.3 is 19.2 Å². The monoisotopic (exact) mass is 376 g/mol. The molecule has 1 aromatic heterocycles. The number of rotatable bonds is 7. The Hall–Kier alpha value is -3.72. The molecule has 1 heterocycles. The Bertz CT molecular complexity index is 1090. The molecule has 1 N–H and O–H groups in total. The number of benzene rings is 2. The number of H-pyrrole nitrogens is 1. The number of aromatic amines is 1. The van der Waals surface area contributed by atoms with Gasteiger partial charge in [0.2, 0.25) is 5.78 Å². The fourth-order valence-corrected chi connectivity index (χ4v) is 2.93. The highest BCUT2D eigenvalue weighted by molar-refractivity contribution is 6.20. The molecule has 0 amide bonds. The number of ketones is 1. The zero-order valence-electron chi connectivity index (χ0n) is 15.9. The highest BCUT2D eigenvalue weighted by atomic mass is 16.5. The van der Waals surface area contributed by atoms with Gasteiger partial charge in [-0.25, -0.2) is 0 Å². The van der Waals surface area contributed by atoms with Crippen molar-refractivity contribution in [3.63, 3.8) is 0 Å². The molecule has 0 aliphatic heterocycles. The number of nitrogens with zero attached hydrogens (tertiary/aromatic N) is 1. The second kappa shape index (κ2) is 8.31. The Morgan fingerprint density at radius 1 is 1.14 bits per heavy atom. The van der Waals surface area contributed by atoms with E-state index in [-0.39, 0.29) is 11.4 Å². The van der Waals surface area contributed by atoms with Crippen molar-refractivity contribution >= 4 is 22.8 Å². The molecule has 6 heteroatoms. The number of aromatic nitrogens is 1. The van der Waals surface area contributed by atoms with Gasteiger partial charge in [0.1, 0.15) is 17.4 Å². The summed E-state index contributed by atoms with van der Waals surface area (Å²) in [6.07, 6.45) is 3.15. The summed E-state index contributed by atoms with van der Waals surface area (Å²) in [7, 11) is 3.12. The predicted molar refractivity (Wildman–Crippen MR) is 107 cm³/mol. The number of hydrogen-bond acceptors (Lipinski definition) is 5. The number of fused-ring (bicyclic) bond motifs is 1. The number of allylic oxidation sites excluding steroid dienone is 1. The molecule has 0 fully saturated rings. The van der Waals surface area contributed by atoms with Gasteiger partial charge in [-0.2, -0.15) is 5.26 Å². The Labute approximate surface area is 163 Å². The summed E-state index contributed by atoms with van der Waals surface area (Å²) in [6.45, 7) is 2.35. The maximum Gasteiger partial charge on any atom is 0.205 e. The van der Waals surface area contributed by atoms with Crippen molar-refractivity contribution in [3.8, 4) is 23.3 Å². The summed E-state index contributed by atoms with van der Waals surface area (Å²) in [5.41, 5.74) is 1.91. The van der Waals surface area contributed by atoms with Crippen molar-refractivity contribution in [2.45, 2.75) is 6.92 Å². The van der Waals surface area contributed by atoms with E-state index in [1.54, 1.807) is 56.8 Å². The molecule has 0 radical (unpaired) electrons. The third kappa shape index (κ3) is 3.69. The number of carbonyl (C=O) groups is 1. The van der Waals surface area contributed by atoms with Crippen molar-refractivity contribution in [3.05, 3.63) is 59.3 Å². The Kier molecular flexibility index (Phi) is 5.66. The number of nitrogens with one attached hydrogen (secondary N) is 1. The first-order chi connectivity index (χ1) is 13.6. The number of methoxy groups -OCH3 is 2. The highest BCUT2D eigenvalue weighted by Crippen LogP contribution is 2.30. The third-order valence-corrected chi connectivity index (χ3v) is 4.30. The van der Waals surface area contributed by atoms with E-state index in [1.165, 1.54) is 0 Å². The summed E-state index contributed by atoms with van der Waals surface area (Å²) in [4.78, 5) is 16.0. The van der Waals surface area contributed by atoms with Crippen LogP contribution in [0.15, 0.2) is 48.2 Å². The molecule has 0 unspecified atom stereocenters. The van der Waals surface area contributed by atoms with Crippen LogP contribution in [0.25, 0.3) is 17.0 Å². The van der Waals surface area contributed by atoms with E-state index < -0.39 is 0 Å². The van der Waals surface area contributed by atoms with Crippen LogP contribution in [-0.4, -0.2) is 31.6 Å². The van der Waals surface area contributed by atoms with E-state index in [4.69, 9.17) is 14.2 Å². The molecule has 0 bridgehead atoms. The lowest BCUT2D eigenvalue weighted by molar-refractivity contribution is 0.104. The largest absolute Gasteiger partial charge is 0.497 e. The lowest BCUT2D eigenvalue weighted by Crippen LogP contribution is -2.01. The summed E-state index contributed by atoms with van der Waals surface area (Å²) in [5.74, 6) is 1.42. The minimum Gasteiger partial charge on any atom is -0.497 e. The van der Waals surface area contributed by atoms with Crippen molar-refractivity contribution in [1.29, 1.82) is 5.26 Å². The smallest absolute Gasteiger partial charge is 0.205 e. The second-order valence-electron chi connectivity index (χ2n) is 5.96. The van der Waals surface area contributed by atoms with Gasteiger partial charge in [0, 0.05) is 22.7 Å². The van der Waals surface area contributed by atoms with Gasteiger partial charge in [0.25, 0.3) is 0 Å². The van der Waals surface area contributed by atoms with Crippen LogP contribution >= 0.6 is 0 Å². The first-order valence-electron chi connectivity index (χ1n) is 8.73. The number of ether oxygens (including phenoxy) is 3. The molecule has 28 heavy (non-hydrogen) atoms. The molecule has 0 aliphatic carbocycles. The normalized spacial score (nSPS) is 11.1. The third-order valence-electron chi connectivity index (χ3n) is 4.30. The predicted octanol–water partition coefficient (Wildman–Crippen LogP) is 4.37. The fourth-order valence-electron chi connectivity index (χ4n) is 2.93. The molecule has 0 saturated heterocycles. The van der Waals surface area contributed by atoms with Crippen LogP contribution in [0.1, 0.15) is 22.8 Å². The lowest BCUT2D eigenvalue weighted by atomic mass is 10.0. The average molecular weight is 376 g/mol. The summed E-state index contributed by atoms with van der Waals surface area (Å²) < 4.78 is 16.1. The number of Topliss-reactive ketones (excluding diaryl/α,β-unsaturated/α-hetero) is 1. The maximum atomic E-state index is 13.0. The Morgan fingerprint density at radius 2 is 1.96 bits per heavy atom. The minimum absolute atomic E-state index is 0.0244. The quantitative estimate of drug-likeness (QED) is 0.376. The van der Waals surface area contributed by atoms with Crippen LogP contribution in [0, 0.1) is 11.3 Å². The van der Waals surface area contributed by atoms with Crippen LogP contribution in [0.4, 0.5) is 0 Å². The zero-order valence-corrected chi connectivity index (χ0v) is 15.9. The lowest BCUT2D eigenvalue weighted by Gasteiger charge is -2.09. The average Bonchev–Trinajstić information content (AvgIpc) is 3.15. The van der Waals surface area contributed by atoms with Crippen LogP contribution in [0.5, 0.6) is 17.2 Å². The molecule has 0 atom stereocenters. The van der Waals surface area contributed by atoms with Crippen LogP contribution in [0.2, 0.25) is 0 Å². The minimum atomic E-state index is -0.365. The fraction of sp³-hybridized carbons (Fsp3) is 0.182. The van der Waals surface area contributed by atoms with Gasteiger partial charge in [-0.05, 0) is 48.9 Å². The van der Waals surface area contributed by atoms with Crippen molar-refractivity contribution in [2.75, 3.05) is 20.8 Å². The van der Waals surface area contributed by atoms with Gasteiger partial charge in [-0.1, -0.05) is 6.07 Å². The molecule has 0 saturated carbocycles.